The van der Waals surface area contributed by atoms with Crippen LogP contribution in [-0.2, 0) is 0 Å². The average molecular weight is 130 g/mol. The maximum Gasteiger partial charge on any atom is 0.330 e. The van der Waals surface area contributed by atoms with Crippen molar-refractivity contribution in [1.82, 2.24) is 16.2 Å². The Labute approximate surface area is 52.9 Å². The van der Waals surface area contributed by atoms with Gasteiger partial charge in [0, 0.05) is 6.04 Å². The third kappa shape index (κ3) is 1.30. The first-order valence-corrected chi connectivity index (χ1v) is 2.78. The molecule has 1 heterocycles. The van der Waals surface area contributed by atoms with Crippen LogP contribution in [0.3, 0.4) is 0 Å². The first kappa shape index (κ1) is 6.31. The van der Waals surface area contributed by atoms with Crippen LogP contribution < -0.4 is 21.9 Å². The van der Waals surface area contributed by atoms with Crippen molar-refractivity contribution in [3.05, 3.63) is 0 Å². The van der Waals surface area contributed by atoms with Crippen LogP contribution in [-0.4, -0.2) is 18.2 Å². The minimum Gasteiger partial charge on any atom is -0.325 e. The normalized spacial score (nSPS) is 29.1. The number of nitrogens with two attached hydrogens (primary N) is 1. The van der Waals surface area contributed by atoms with E-state index in [4.69, 9.17) is 5.73 Å². The van der Waals surface area contributed by atoms with Crippen molar-refractivity contribution in [1.29, 1.82) is 0 Å². The predicted octanol–water partition coefficient (Wildman–Crippen LogP) is -1.52. The summed E-state index contributed by atoms with van der Waals surface area (Å²) in [5, 5.41) is 2.57. The molecule has 0 aromatic rings. The first-order chi connectivity index (χ1) is 4.20. The molecular formula is C4H10N4O. The molecule has 0 spiro atoms. The summed E-state index contributed by atoms with van der Waals surface area (Å²) in [6, 6.07) is -0.304. The highest BCUT2D eigenvalue weighted by Crippen LogP contribution is 1.87. The van der Waals surface area contributed by atoms with Gasteiger partial charge in [-0.15, -0.1) is 0 Å². The minimum atomic E-state index is -0.225. The highest BCUT2D eigenvalue weighted by Gasteiger charge is 2.21. The number of urea groups is 1. The highest BCUT2D eigenvalue weighted by molar-refractivity contribution is 5.75. The van der Waals surface area contributed by atoms with Crippen LogP contribution in [0.1, 0.15) is 6.92 Å². The molecule has 0 radical (unpaired) electrons. The number of carbonyl (C=O) groups excluding carboxylic acids is 1. The molecule has 5 heteroatoms. The second-order valence-corrected chi connectivity index (χ2v) is 2.08. The smallest absolute Gasteiger partial charge is 0.325 e. The summed E-state index contributed by atoms with van der Waals surface area (Å²) in [6.07, 6.45) is -0.141. The van der Waals surface area contributed by atoms with Crippen LogP contribution >= 0.6 is 0 Å². The fraction of sp³-hybridized carbons (Fsp3) is 0.750. The lowest BCUT2D eigenvalue weighted by atomic mass is 10.3. The van der Waals surface area contributed by atoms with Crippen molar-refractivity contribution < 1.29 is 4.79 Å². The summed E-state index contributed by atoms with van der Waals surface area (Å²) in [5.41, 5.74) is 10.5. The van der Waals surface area contributed by atoms with E-state index in [9.17, 15) is 4.79 Å². The van der Waals surface area contributed by atoms with Gasteiger partial charge in [-0.2, -0.15) is 0 Å². The third-order valence-corrected chi connectivity index (χ3v) is 1.15. The van der Waals surface area contributed by atoms with E-state index < -0.39 is 0 Å². The van der Waals surface area contributed by atoms with Gasteiger partial charge in [0.2, 0.25) is 0 Å². The molecule has 0 saturated carbocycles. The van der Waals surface area contributed by atoms with E-state index in [0.717, 1.165) is 0 Å². The van der Waals surface area contributed by atoms with E-state index in [-0.39, 0.29) is 18.2 Å². The Morgan fingerprint density at radius 2 is 2.44 bits per heavy atom. The van der Waals surface area contributed by atoms with Crippen molar-refractivity contribution in [2.24, 2.45) is 5.73 Å². The zero-order valence-corrected chi connectivity index (χ0v) is 5.14. The van der Waals surface area contributed by atoms with Crippen molar-refractivity contribution in [3.8, 4) is 0 Å². The van der Waals surface area contributed by atoms with Gasteiger partial charge in [-0.1, -0.05) is 0 Å². The molecule has 0 aliphatic carbocycles. The molecule has 2 amide bonds. The van der Waals surface area contributed by atoms with Crippen LogP contribution in [0.4, 0.5) is 4.79 Å². The van der Waals surface area contributed by atoms with Gasteiger partial charge in [0.25, 0.3) is 0 Å². The molecular weight excluding hydrogens is 120 g/mol. The number of carbonyl (C=O) groups is 1. The Balaban J connectivity index is 2.39. The summed E-state index contributed by atoms with van der Waals surface area (Å²) in [4.78, 5) is 10.4. The van der Waals surface area contributed by atoms with Crippen molar-refractivity contribution in [2.45, 2.75) is 19.1 Å². The Hall–Kier alpha value is -0.810. The fourth-order valence-electron chi connectivity index (χ4n) is 0.620. The number of hydrazine groups is 1. The molecule has 2 atom stereocenters. The number of nitrogens with one attached hydrogen (secondary N) is 3. The van der Waals surface area contributed by atoms with E-state index >= 15 is 0 Å². The van der Waals surface area contributed by atoms with Crippen LogP contribution in [0.5, 0.6) is 0 Å². The Morgan fingerprint density at radius 1 is 1.78 bits per heavy atom. The topological polar surface area (TPSA) is 79.2 Å². The molecule has 2 unspecified atom stereocenters. The number of hydrogen-bond donors (Lipinski definition) is 4. The second kappa shape index (κ2) is 2.20. The van der Waals surface area contributed by atoms with E-state index in [2.05, 4.69) is 16.2 Å². The maximum absolute atomic E-state index is 10.4. The number of amides is 2. The quantitative estimate of drug-likeness (QED) is 0.348. The lowest BCUT2D eigenvalue weighted by Crippen LogP contribution is -2.47. The molecule has 1 aliphatic heterocycles. The molecule has 5 nitrogen and oxygen atoms in total. The van der Waals surface area contributed by atoms with Gasteiger partial charge >= 0.3 is 6.03 Å². The van der Waals surface area contributed by atoms with Gasteiger partial charge in [0.1, 0.15) is 6.17 Å². The molecule has 5 N–H and O–H groups in total. The molecule has 1 rings (SSSR count). The van der Waals surface area contributed by atoms with Gasteiger partial charge in [0.15, 0.2) is 0 Å². The third-order valence-electron chi connectivity index (χ3n) is 1.15. The second-order valence-electron chi connectivity index (χ2n) is 2.08. The van der Waals surface area contributed by atoms with Crippen LogP contribution in [0.2, 0.25) is 0 Å². The van der Waals surface area contributed by atoms with Crippen LogP contribution in [0.15, 0.2) is 0 Å². The lowest BCUT2D eigenvalue weighted by Gasteiger charge is -2.11. The zero-order valence-electron chi connectivity index (χ0n) is 5.14. The largest absolute Gasteiger partial charge is 0.330 e. The molecule has 0 aromatic carbocycles. The minimum absolute atomic E-state index is 0.0797. The van der Waals surface area contributed by atoms with Gasteiger partial charge in [-0.3, -0.25) is 5.43 Å². The van der Waals surface area contributed by atoms with Crippen molar-refractivity contribution in [2.75, 3.05) is 0 Å². The van der Waals surface area contributed by atoms with Gasteiger partial charge in [0.05, 0.1) is 0 Å². The SMILES string of the molecule is CC(N)C1NNC(=O)N1. The maximum atomic E-state index is 10.4. The lowest BCUT2D eigenvalue weighted by molar-refractivity contribution is 0.246. The predicted molar refractivity (Wildman–Crippen MR) is 32.2 cm³/mol. The Bertz CT molecular complexity index is 124. The number of rotatable bonds is 1. The monoisotopic (exact) mass is 130 g/mol. The highest BCUT2D eigenvalue weighted by atomic mass is 16.2. The van der Waals surface area contributed by atoms with E-state index in [1.807, 2.05) is 6.92 Å². The van der Waals surface area contributed by atoms with Crippen molar-refractivity contribution in [3.63, 3.8) is 0 Å². The summed E-state index contributed by atoms with van der Waals surface area (Å²) in [6.45, 7) is 1.81. The zero-order chi connectivity index (χ0) is 6.85. The standard InChI is InChI=1S/C4H10N4O/c1-2(5)3-6-4(9)8-7-3/h2-3,7H,5H2,1H3,(H2,6,8,9). The Morgan fingerprint density at radius 3 is 2.67 bits per heavy atom. The molecule has 0 bridgehead atoms. The van der Waals surface area contributed by atoms with Gasteiger partial charge < -0.3 is 11.1 Å². The van der Waals surface area contributed by atoms with E-state index in [1.54, 1.807) is 0 Å². The molecule has 1 saturated heterocycles. The number of hydrogen-bond acceptors (Lipinski definition) is 3. The van der Waals surface area contributed by atoms with Crippen LogP contribution in [0.25, 0.3) is 0 Å². The van der Waals surface area contributed by atoms with Gasteiger partial charge in [-0.05, 0) is 6.92 Å². The van der Waals surface area contributed by atoms with Crippen molar-refractivity contribution >= 4 is 6.03 Å². The summed E-state index contributed by atoms with van der Waals surface area (Å²) < 4.78 is 0. The molecule has 1 fully saturated rings. The van der Waals surface area contributed by atoms with Gasteiger partial charge in [-0.25, -0.2) is 10.2 Å². The molecule has 9 heavy (non-hydrogen) atoms. The molecule has 0 aromatic heterocycles. The Kier molecular flexibility index (Phi) is 1.54. The average Bonchev–Trinajstić information content (AvgIpc) is 2.14. The summed E-state index contributed by atoms with van der Waals surface area (Å²) in [7, 11) is 0. The molecule has 52 valence electrons. The van der Waals surface area contributed by atoms with E-state index in [1.165, 1.54) is 0 Å². The molecule has 1 aliphatic rings. The summed E-state index contributed by atoms with van der Waals surface area (Å²) >= 11 is 0. The summed E-state index contributed by atoms with van der Waals surface area (Å²) in [5.74, 6) is 0. The first-order valence-electron chi connectivity index (χ1n) is 2.78. The van der Waals surface area contributed by atoms with Crippen LogP contribution in [0, 0.1) is 0 Å². The fourth-order valence-corrected chi connectivity index (χ4v) is 0.620. The van der Waals surface area contributed by atoms with E-state index in [0.29, 0.717) is 0 Å².